The Morgan fingerprint density at radius 2 is 1.95 bits per heavy atom. The molecule has 8 heteroatoms. The van der Waals surface area contributed by atoms with Crippen LogP contribution in [0.3, 0.4) is 0 Å². The molecule has 0 radical (unpaired) electrons. The third-order valence-electron chi connectivity index (χ3n) is 2.57. The van der Waals surface area contributed by atoms with Crippen LogP contribution in [-0.2, 0) is 10.0 Å². The van der Waals surface area contributed by atoms with Crippen molar-refractivity contribution in [2.45, 2.75) is 18.7 Å². The van der Waals surface area contributed by atoms with E-state index in [9.17, 15) is 8.42 Å². The number of nitrogens with zero attached hydrogens (tertiary/aromatic N) is 1. The van der Waals surface area contributed by atoms with E-state index in [1.807, 2.05) is 0 Å². The summed E-state index contributed by atoms with van der Waals surface area (Å²) in [5.74, 6) is 0. The van der Waals surface area contributed by atoms with Crippen molar-refractivity contribution in [2.24, 2.45) is 0 Å². The van der Waals surface area contributed by atoms with Gasteiger partial charge in [0.25, 0.3) is 10.0 Å². The fraction of sp³-hybridized carbons (Fsp3) is 0.182. The SMILES string of the molecule is Cc1n[nH]c(C)c1NS(=O)(=O)c1cccc(Cl)c1Cl. The number of aryl methyl sites for hydroxylation is 2. The Hall–Kier alpha value is -1.24. The summed E-state index contributed by atoms with van der Waals surface area (Å²) in [6, 6.07) is 4.44. The number of rotatable bonds is 3. The third kappa shape index (κ3) is 2.70. The van der Waals surface area contributed by atoms with Gasteiger partial charge in [0, 0.05) is 0 Å². The largest absolute Gasteiger partial charge is 0.280 e. The first-order valence-corrected chi connectivity index (χ1v) is 7.55. The minimum atomic E-state index is -3.81. The molecule has 0 atom stereocenters. The van der Waals surface area contributed by atoms with E-state index in [0.717, 1.165) is 0 Å². The van der Waals surface area contributed by atoms with Crippen LogP contribution in [0.5, 0.6) is 0 Å². The first-order chi connectivity index (χ1) is 8.83. The van der Waals surface area contributed by atoms with Crippen LogP contribution in [0.2, 0.25) is 10.0 Å². The molecule has 2 N–H and O–H groups in total. The predicted molar refractivity (Wildman–Crippen MR) is 75.3 cm³/mol. The highest BCUT2D eigenvalue weighted by Crippen LogP contribution is 2.30. The second-order valence-corrected chi connectivity index (χ2v) is 6.40. The van der Waals surface area contributed by atoms with Crippen LogP contribution >= 0.6 is 23.2 Å². The summed E-state index contributed by atoms with van der Waals surface area (Å²) in [4.78, 5) is -0.0679. The molecular formula is C11H11Cl2N3O2S. The summed E-state index contributed by atoms with van der Waals surface area (Å²) in [5.41, 5.74) is 1.59. The van der Waals surface area contributed by atoms with Crippen molar-refractivity contribution in [3.8, 4) is 0 Å². The molecule has 2 aromatic rings. The maximum atomic E-state index is 12.3. The van der Waals surface area contributed by atoms with Crippen LogP contribution in [0.4, 0.5) is 5.69 Å². The maximum absolute atomic E-state index is 12.3. The highest BCUT2D eigenvalue weighted by Gasteiger charge is 2.21. The Bertz CT molecular complexity index is 706. The van der Waals surface area contributed by atoms with Crippen molar-refractivity contribution >= 4 is 38.9 Å². The zero-order valence-corrected chi connectivity index (χ0v) is 12.5. The van der Waals surface area contributed by atoms with Crippen LogP contribution in [0.15, 0.2) is 23.1 Å². The number of anilines is 1. The second kappa shape index (κ2) is 5.03. The van der Waals surface area contributed by atoms with Gasteiger partial charge in [-0.15, -0.1) is 0 Å². The second-order valence-electron chi connectivity index (χ2n) is 3.97. The van der Waals surface area contributed by atoms with E-state index >= 15 is 0 Å². The van der Waals surface area contributed by atoms with Gasteiger partial charge in [-0.05, 0) is 26.0 Å². The summed E-state index contributed by atoms with van der Waals surface area (Å²) in [6.07, 6.45) is 0. The third-order valence-corrected chi connectivity index (χ3v) is 4.89. The fourth-order valence-electron chi connectivity index (χ4n) is 1.58. The number of halogens is 2. The monoisotopic (exact) mass is 319 g/mol. The molecule has 0 bridgehead atoms. The number of hydrogen-bond donors (Lipinski definition) is 2. The molecule has 0 fully saturated rings. The number of aromatic nitrogens is 2. The van der Waals surface area contributed by atoms with Crippen LogP contribution in [0.25, 0.3) is 0 Å². The van der Waals surface area contributed by atoms with Gasteiger partial charge in [0.15, 0.2) is 0 Å². The normalized spacial score (nSPS) is 11.6. The summed E-state index contributed by atoms with van der Waals surface area (Å²) < 4.78 is 27.0. The first-order valence-electron chi connectivity index (χ1n) is 5.31. The van der Waals surface area contributed by atoms with E-state index in [4.69, 9.17) is 23.2 Å². The highest BCUT2D eigenvalue weighted by molar-refractivity contribution is 7.92. The molecule has 0 aliphatic carbocycles. The Morgan fingerprint density at radius 1 is 1.26 bits per heavy atom. The van der Waals surface area contributed by atoms with Crippen LogP contribution < -0.4 is 4.72 Å². The molecule has 0 saturated carbocycles. The minimum absolute atomic E-state index is 0.00420. The fourth-order valence-corrected chi connectivity index (χ4v) is 3.53. The Morgan fingerprint density at radius 3 is 2.53 bits per heavy atom. The lowest BCUT2D eigenvalue weighted by Gasteiger charge is -2.10. The molecule has 0 spiro atoms. The number of benzene rings is 1. The van der Waals surface area contributed by atoms with E-state index in [1.165, 1.54) is 18.2 Å². The summed E-state index contributed by atoms with van der Waals surface area (Å²) in [7, 11) is -3.81. The van der Waals surface area contributed by atoms with Gasteiger partial charge in [0.05, 0.1) is 27.1 Å². The van der Waals surface area contributed by atoms with Crippen molar-refractivity contribution < 1.29 is 8.42 Å². The lowest BCUT2D eigenvalue weighted by molar-refractivity contribution is 0.601. The number of hydrogen-bond acceptors (Lipinski definition) is 3. The average Bonchev–Trinajstić information content (AvgIpc) is 2.64. The molecular weight excluding hydrogens is 309 g/mol. The van der Waals surface area contributed by atoms with Gasteiger partial charge >= 0.3 is 0 Å². The zero-order valence-electron chi connectivity index (χ0n) is 10.2. The smallest absolute Gasteiger partial charge is 0.263 e. The molecule has 1 aromatic heterocycles. The molecule has 1 aromatic carbocycles. The molecule has 2 rings (SSSR count). The summed E-state index contributed by atoms with van der Waals surface area (Å²) in [6.45, 7) is 3.42. The molecule has 102 valence electrons. The van der Waals surface area contributed by atoms with Crippen molar-refractivity contribution in [1.82, 2.24) is 10.2 Å². The number of nitrogens with one attached hydrogen (secondary N) is 2. The van der Waals surface area contributed by atoms with Crippen LogP contribution in [0.1, 0.15) is 11.4 Å². The predicted octanol–water partition coefficient (Wildman–Crippen LogP) is 3.13. The van der Waals surface area contributed by atoms with E-state index in [1.54, 1.807) is 13.8 Å². The number of sulfonamides is 1. The van der Waals surface area contributed by atoms with Gasteiger partial charge in [0.1, 0.15) is 4.90 Å². The Balaban J connectivity index is 2.47. The molecule has 5 nitrogen and oxygen atoms in total. The lowest BCUT2D eigenvalue weighted by Crippen LogP contribution is -2.14. The van der Waals surface area contributed by atoms with E-state index < -0.39 is 10.0 Å². The molecule has 19 heavy (non-hydrogen) atoms. The summed E-state index contributed by atoms with van der Waals surface area (Å²) >= 11 is 11.7. The van der Waals surface area contributed by atoms with Crippen molar-refractivity contribution in [3.05, 3.63) is 39.6 Å². The standard InChI is InChI=1S/C11H11Cl2N3O2S/c1-6-11(7(2)15-14-6)16-19(17,18)9-5-3-4-8(12)10(9)13/h3-5,16H,1-2H3,(H,14,15). The first kappa shape index (κ1) is 14.2. The van der Waals surface area contributed by atoms with Gasteiger partial charge in [-0.3, -0.25) is 9.82 Å². The minimum Gasteiger partial charge on any atom is -0.280 e. The highest BCUT2D eigenvalue weighted by atomic mass is 35.5. The van der Waals surface area contributed by atoms with E-state index in [0.29, 0.717) is 17.1 Å². The molecule has 0 amide bonds. The van der Waals surface area contributed by atoms with Gasteiger partial charge < -0.3 is 0 Å². The van der Waals surface area contributed by atoms with Crippen molar-refractivity contribution in [3.63, 3.8) is 0 Å². The lowest BCUT2D eigenvalue weighted by atomic mass is 10.3. The topological polar surface area (TPSA) is 74.8 Å². The quantitative estimate of drug-likeness (QED) is 0.912. The van der Waals surface area contributed by atoms with Crippen LogP contribution in [0, 0.1) is 13.8 Å². The van der Waals surface area contributed by atoms with Crippen LogP contribution in [-0.4, -0.2) is 18.6 Å². The zero-order chi connectivity index (χ0) is 14.2. The number of H-pyrrole nitrogens is 1. The Kier molecular flexibility index (Phi) is 3.75. The van der Waals surface area contributed by atoms with Crippen molar-refractivity contribution in [2.75, 3.05) is 4.72 Å². The van der Waals surface area contributed by atoms with Gasteiger partial charge in [-0.1, -0.05) is 29.3 Å². The molecule has 0 unspecified atom stereocenters. The van der Waals surface area contributed by atoms with Crippen molar-refractivity contribution in [1.29, 1.82) is 0 Å². The van der Waals surface area contributed by atoms with Gasteiger partial charge in [-0.2, -0.15) is 5.10 Å². The average molecular weight is 320 g/mol. The maximum Gasteiger partial charge on any atom is 0.263 e. The summed E-state index contributed by atoms with van der Waals surface area (Å²) in [5, 5.41) is 6.81. The van der Waals surface area contributed by atoms with Gasteiger partial charge in [-0.25, -0.2) is 8.42 Å². The molecule has 0 aliphatic rings. The molecule has 1 heterocycles. The Labute approximate surface area is 121 Å². The molecule has 0 aliphatic heterocycles. The molecule has 0 saturated heterocycles. The van der Waals surface area contributed by atoms with E-state index in [2.05, 4.69) is 14.9 Å². The van der Waals surface area contributed by atoms with E-state index in [-0.39, 0.29) is 14.9 Å². The van der Waals surface area contributed by atoms with Gasteiger partial charge in [0.2, 0.25) is 0 Å². The number of aromatic amines is 1.